The van der Waals surface area contributed by atoms with E-state index in [1.54, 1.807) is 0 Å². The van der Waals surface area contributed by atoms with Gasteiger partial charge >= 0.3 is 0 Å². The van der Waals surface area contributed by atoms with Crippen LogP contribution in [0.5, 0.6) is 0 Å². The molecule has 0 aliphatic rings. The molecule has 22 heavy (non-hydrogen) atoms. The predicted octanol–water partition coefficient (Wildman–Crippen LogP) is 8.47. The number of hydrogen-bond donors (Lipinski definition) is 0. The first kappa shape index (κ1) is 22.4. The van der Waals surface area contributed by atoms with Gasteiger partial charge in [-0.3, -0.25) is 0 Å². The Balaban J connectivity index is 3.03. The summed E-state index contributed by atoms with van der Waals surface area (Å²) in [6.45, 7) is 0. The van der Waals surface area contributed by atoms with E-state index in [1.165, 1.54) is 0 Å². The molecule has 0 aromatic heterocycles. The molecule has 10 heteroatoms. The smallest absolute Gasteiger partial charge is 0.146 e. The predicted molar refractivity (Wildman–Crippen MR) is 154 cm³/mol. The van der Waals surface area contributed by atoms with Crippen molar-refractivity contribution >= 4 is 181 Å². The maximum Gasteiger partial charge on any atom is 0.146 e. The van der Waals surface area contributed by atoms with Crippen molar-refractivity contribution in [3.8, 4) is 11.1 Å². The van der Waals surface area contributed by atoms with E-state index in [4.69, 9.17) is 0 Å². The SMILES string of the molecule is Fc1c(I)c(I)c(I)c(I)c1-c1c(F)c(I)c(I)c(I)c1I. The van der Waals surface area contributed by atoms with Crippen molar-refractivity contribution in [3.63, 3.8) is 0 Å². The van der Waals surface area contributed by atoms with E-state index in [0.717, 1.165) is 21.4 Å². The standard InChI is InChI=1S/C12F2I8/c13-3-1(5(15)9(19)11(21)7(3)17)2-4(14)8(18)12(22)10(20)6(2)16. The molecule has 0 spiro atoms. The van der Waals surface area contributed by atoms with E-state index in [2.05, 4.69) is 136 Å². The third kappa shape index (κ3) is 4.10. The van der Waals surface area contributed by atoms with Gasteiger partial charge in [0.25, 0.3) is 0 Å². The second-order valence-electron chi connectivity index (χ2n) is 3.89. The molecule has 0 aliphatic carbocycles. The van der Waals surface area contributed by atoms with Gasteiger partial charge in [0.2, 0.25) is 0 Å². The third-order valence-corrected chi connectivity index (χ3v) is 17.4. The fraction of sp³-hybridized carbons (Fsp3) is 0. The molecule has 0 unspecified atom stereocenters. The number of hydrogen-bond acceptors (Lipinski definition) is 0. The Morgan fingerprint density at radius 3 is 0.864 bits per heavy atom. The minimum absolute atomic E-state index is 0.348. The summed E-state index contributed by atoms with van der Waals surface area (Å²) >= 11 is 16.9. The largest absolute Gasteiger partial charge is 0.205 e. The zero-order valence-corrected chi connectivity index (χ0v) is 27.0. The molecular weight excluding hydrogens is 1200 g/mol. The van der Waals surface area contributed by atoms with Crippen molar-refractivity contribution < 1.29 is 8.78 Å². The molecule has 2 aromatic carbocycles. The first-order chi connectivity index (χ1) is 10.1. The Kier molecular flexibility index (Phi) is 9.27. The zero-order valence-electron chi connectivity index (χ0n) is 9.78. The summed E-state index contributed by atoms with van der Waals surface area (Å²) in [6.07, 6.45) is 0. The van der Waals surface area contributed by atoms with Crippen molar-refractivity contribution in [3.05, 3.63) is 40.2 Å². The second kappa shape index (κ2) is 9.09. The molecule has 118 valence electrons. The Morgan fingerprint density at radius 2 is 0.591 bits per heavy atom. The molecule has 0 heterocycles. The van der Waals surface area contributed by atoms with Gasteiger partial charge in [0.05, 0.1) is 7.14 Å². The lowest BCUT2D eigenvalue weighted by Gasteiger charge is -2.17. The van der Waals surface area contributed by atoms with Gasteiger partial charge in [0, 0.05) is 32.5 Å². The van der Waals surface area contributed by atoms with Gasteiger partial charge in [-0.15, -0.1) is 0 Å². The highest BCUT2D eigenvalue weighted by Crippen LogP contribution is 2.43. The van der Waals surface area contributed by atoms with Crippen LogP contribution in [0.2, 0.25) is 0 Å². The molecule has 0 fully saturated rings. The van der Waals surface area contributed by atoms with Crippen LogP contribution in [0, 0.1) is 40.2 Å². The highest BCUT2D eigenvalue weighted by atomic mass is 127. The maximum absolute atomic E-state index is 14.9. The lowest BCUT2D eigenvalue weighted by Crippen LogP contribution is -2.06. The van der Waals surface area contributed by atoms with E-state index in [1.807, 2.05) is 45.2 Å². The maximum atomic E-state index is 14.9. The van der Waals surface area contributed by atoms with Gasteiger partial charge in [-0.1, -0.05) is 0 Å². The number of rotatable bonds is 1. The van der Waals surface area contributed by atoms with Gasteiger partial charge in [0.15, 0.2) is 0 Å². The van der Waals surface area contributed by atoms with Crippen LogP contribution in [-0.2, 0) is 0 Å². The van der Waals surface area contributed by atoms with E-state index >= 15 is 0 Å². The highest BCUT2D eigenvalue weighted by molar-refractivity contribution is 14.1. The lowest BCUT2D eigenvalue weighted by molar-refractivity contribution is 0.605. The summed E-state index contributed by atoms with van der Waals surface area (Å²) in [5.41, 5.74) is 0.730. The molecule has 0 saturated carbocycles. The molecule has 0 bridgehead atoms. The zero-order chi connectivity index (χ0) is 16.9. The van der Waals surface area contributed by atoms with Gasteiger partial charge in [0.1, 0.15) is 11.6 Å². The van der Waals surface area contributed by atoms with Crippen LogP contribution >= 0.6 is 181 Å². The molecule has 0 aliphatic heterocycles. The van der Waals surface area contributed by atoms with Crippen LogP contribution < -0.4 is 0 Å². The van der Waals surface area contributed by atoms with E-state index in [9.17, 15) is 8.78 Å². The highest BCUT2D eigenvalue weighted by Gasteiger charge is 2.27. The van der Waals surface area contributed by atoms with Crippen LogP contribution in [-0.4, -0.2) is 0 Å². The van der Waals surface area contributed by atoms with Gasteiger partial charge in [-0.05, 0) is 181 Å². The molecule has 0 saturated heterocycles. The molecule has 2 rings (SSSR count). The summed E-state index contributed by atoms with van der Waals surface area (Å²) in [5, 5.41) is 0. The summed E-state index contributed by atoms with van der Waals surface area (Å²) < 4.78 is 36.1. The van der Waals surface area contributed by atoms with Gasteiger partial charge in [-0.25, -0.2) is 8.78 Å². The van der Waals surface area contributed by atoms with Crippen molar-refractivity contribution in [2.45, 2.75) is 0 Å². The number of benzene rings is 2. The van der Waals surface area contributed by atoms with Crippen LogP contribution in [0.3, 0.4) is 0 Å². The van der Waals surface area contributed by atoms with Crippen molar-refractivity contribution in [1.82, 2.24) is 0 Å². The van der Waals surface area contributed by atoms with Crippen LogP contribution in [0.1, 0.15) is 0 Å². The average molecular weight is 1200 g/mol. The minimum Gasteiger partial charge on any atom is -0.205 e. The third-order valence-electron chi connectivity index (χ3n) is 2.67. The molecule has 0 N–H and O–H groups in total. The first-order valence-electron chi connectivity index (χ1n) is 5.14. The Hall–Kier alpha value is 4.14. The molecular formula is C12F2I8. The summed E-state index contributed by atoms with van der Waals surface area (Å²) in [5.74, 6) is -0.695. The van der Waals surface area contributed by atoms with Crippen molar-refractivity contribution in [2.75, 3.05) is 0 Å². The molecule has 2 aromatic rings. The second-order valence-corrected chi connectivity index (χ2v) is 12.5. The average Bonchev–Trinajstić information content (AvgIpc) is 2.50. The number of halogens is 10. The molecule has 0 nitrogen and oxygen atoms in total. The normalized spacial score (nSPS) is 11.2. The topological polar surface area (TPSA) is 0 Å². The lowest BCUT2D eigenvalue weighted by atomic mass is 10.0. The van der Waals surface area contributed by atoms with Gasteiger partial charge in [-0.2, -0.15) is 0 Å². The van der Waals surface area contributed by atoms with Crippen molar-refractivity contribution in [2.24, 2.45) is 0 Å². The van der Waals surface area contributed by atoms with E-state index in [-0.39, 0.29) is 11.6 Å². The Bertz CT molecular complexity index is 677. The van der Waals surface area contributed by atoms with Crippen LogP contribution in [0.25, 0.3) is 11.1 Å². The van der Waals surface area contributed by atoms with Crippen LogP contribution in [0.15, 0.2) is 0 Å². The Morgan fingerprint density at radius 1 is 0.364 bits per heavy atom. The Labute approximate surface area is 235 Å². The molecule has 0 radical (unpaired) electrons. The van der Waals surface area contributed by atoms with E-state index < -0.39 is 0 Å². The molecule has 0 amide bonds. The van der Waals surface area contributed by atoms with E-state index in [0.29, 0.717) is 18.3 Å². The first-order valence-corrected chi connectivity index (χ1v) is 13.8. The monoisotopic (exact) mass is 1200 g/mol. The summed E-state index contributed by atoms with van der Waals surface area (Å²) in [6, 6.07) is 0. The van der Waals surface area contributed by atoms with Crippen LogP contribution in [0.4, 0.5) is 8.78 Å². The minimum atomic E-state index is -0.348. The fourth-order valence-electron chi connectivity index (χ4n) is 1.65. The quantitative estimate of drug-likeness (QED) is 0.153. The molecule has 0 atom stereocenters. The summed E-state index contributed by atoms with van der Waals surface area (Å²) in [7, 11) is 0. The summed E-state index contributed by atoms with van der Waals surface area (Å²) in [4.78, 5) is 0. The fourth-order valence-corrected chi connectivity index (χ4v) is 8.44. The van der Waals surface area contributed by atoms with Gasteiger partial charge < -0.3 is 0 Å². The van der Waals surface area contributed by atoms with Crippen molar-refractivity contribution in [1.29, 1.82) is 0 Å².